The van der Waals surface area contributed by atoms with Crippen LogP contribution in [0.2, 0.25) is 0 Å². The second-order valence-corrected chi connectivity index (χ2v) is 6.86. The Morgan fingerprint density at radius 3 is 2.70 bits per heavy atom. The number of hydrogen-bond acceptors (Lipinski definition) is 7. The van der Waals surface area contributed by atoms with Crippen LogP contribution in [0.5, 0.6) is 11.5 Å². The number of nitrogens with one attached hydrogen (secondary N) is 1. The van der Waals surface area contributed by atoms with Crippen LogP contribution in [0.25, 0.3) is 5.78 Å². The van der Waals surface area contributed by atoms with E-state index < -0.39 is 17.9 Å². The van der Waals surface area contributed by atoms with Crippen molar-refractivity contribution in [2.45, 2.75) is 38.7 Å². The van der Waals surface area contributed by atoms with Gasteiger partial charge in [-0.3, -0.25) is 0 Å². The third-order valence-corrected chi connectivity index (χ3v) is 4.14. The predicted octanol–water partition coefficient (Wildman–Crippen LogP) is 2.68. The molecule has 0 unspecified atom stereocenters. The highest BCUT2D eigenvalue weighted by atomic mass is 19.3. The van der Waals surface area contributed by atoms with Gasteiger partial charge >= 0.3 is 6.29 Å². The zero-order chi connectivity index (χ0) is 19.4. The molecule has 3 aromatic rings. The highest BCUT2D eigenvalue weighted by Crippen LogP contribution is 2.43. The Balaban J connectivity index is 1.74. The monoisotopic (exact) mass is 377 g/mol. The van der Waals surface area contributed by atoms with Gasteiger partial charge in [0, 0.05) is 11.8 Å². The molecule has 1 aliphatic heterocycles. The summed E-state index contributed by atoms with van der Waals surface area (Å²) in [6.45, 7) is 5.02. The standard InChI is InChI=1S/C17H17F2N5O3/c1-9-6-13(24-15(22-9)20-8-21-24)23-14(16(2,3)25)10-4-5-11-12(7-10)27-17(18,19)26-11/h4-8,14,23,25H,1-3H3/t14-/m1/s1. The van der Waals surface area contributed by atoms with Gasteiger partial charge in [-0.05, 0) is 38.5 Å². The van der Waals surface area contributed by atoms with E-state index in [9.17, 15) is 13.9 Å². The Morgan fingerprint density at radius 1 is 1.22 bits per heavy atom. The molecule has 0 saturated heterocycles. The Kier molecular flexibility index (Phi) is 3.70. The minimum absolute atomic E-state index is 0.0586. The minimum Gasteiger partial charge on any atom is -0.395 e. The first-order chi connectivity index (χ1) is 12.6. The quantitative estimate of drug-likeness (QED) is 0.722. The number of aliphatic hydroxyl groups is 1. The minimum atomic E-state index is -3.70. The molecule has 1 atom stereocenters. The van der Waals surface area contributed by atoms with Gasteiger partial charge in [-0.2, -0.15) is 14.6 Å². The van der Waals surface area contributed by atoms with Gasteiger partial charge in [0.2, 0.25) is 0 Å². The Labute approximate surface area is 152 Å². The number of aryl methyl sites for hydroxylation is 1. The molecule has 0 bridgehead atoms. The lowest BCUT2D eigenvalue weighted by atomic mass is 9.91. The predicted molar refractivity (Wildman–Crippen MR) is 90.8 cm³/mol. The van der Waals surface area contributed by atoms with Gasteiger partial charge in [-0.1, -0.05) is 6.07 Å². The van der Waals surface area contributed by atoms with Crippen LogP contribution in [-0.2, 0) is 0 Å². The van der Waals surface area contributed by atoms with Gasteiger partial charge < -0.3 is 19.9 Å². The molecule has 0 amide bonds. The maximum Gasteiger partial charge on any atom is 0.586 e. The van der Waals surface area contributed by atoms with E-state index in [1.807, 2.05) is 6.92 Å². The molecule has 0 saturated carbocycles. The van der Waals surface area contributed by atoms with Gasteiger partial charge in [-0.25, -0.2) is 4.98 Å². The fourth-order valence-corrected chi connectivity index (χ4v) is 2.99. The summed E-state index contributed by atoms with van der Waals surface area (Å²) in [7, 11) is 0. The Bertz CT molecular complexity index is 1020. The van der Waals surface area contributed by atoms with Crippen LogP contribution in [0, 0.1) is 6.92 Å². The molecule has 0 radical (unpaired) electrons. The number of benzene rings is 1. The average Bonchev–Trinajstić information content (AvgIpc) is 3.12. The first kappa shape index (κ1) is 17.4. The Morgan fingerprint density at radius 2 is 1.96 bits per heavy atom. The molecule has 2 aromatic heterocycles. The summed E-state index contributed by atoms with van der Waals surface area (Å²) >= 11 is 0. The molecule has 10 heteroatoms. The molecule has 1 aromatic carbocycles. The van der Waals surface area contributed by atoms with Crippen LogP contribution >= 0.6 is 0 Å². The van der Waals surface area contributed by atoms with Crippen molar-refractivity contribution in [3.8, 4) is 11.5 Å². The zero-order valence-corrected chi connectivity index (χ0v) is 14.8. The zero-order valence-electron chi connectivity index (χ0n) is 14.8. The lowest BCUT2D eigenvalue weighted by Gasteiger charge is -2.31. The summed E-state index contributed by atoms with van der Waals surface area (Å²) < 4.78 is 37.0. The van der Waals surface area contributed by atoms with Crippen molar-refractivity contribution in [1.29, 1.82) is 0 Å². The van der Waals surface area contributed by atoms with Crippen molar-refractivity contribution in [2.24, 2.45) is 0 Å². The van der Waals surface area contributed by atoms with E-state index >= 15 is 0 Å². The molecule has 142 valence electrons. The van der Waals surface area contributed by atoms with Crippen LogP contribution in [0.3, 0.4) is 0 Å². The summed E-state index contributed by atoms with van der Waals surface area (Å²) in [4.78, 5) is 8.33. The first-order valence-corrected chi connectivity index (χ1v) is 8.18. The number of rotatable bonds is 4. The molecule has 4 rings (SSSR count). The van der Waals surface area contributed by atoms with Crippen LogP contribution in [-0.4, -0.2) is 36.6 Å². The molecule has 3 heterocycles. The molecule has 27 heavy (non-hydrogen) atoms. The molecule has 8 nitrogen and oxygen atoms in total. The van der Waals surface area contributed by atoms with E-state index in [-0.39, 0.29) is 11.5 Å². The van der Waals surface area contributed by atoms with Crippen molar-refractivity contribution in [1.82, 2.24) is 19.6 Å². The van der Waals surface area contributed by atoms with Crippen molar-refractivity contribution < 1.29 is 23.4 Å². The summed E-state index contributed by atoms with van der Waals surface area (Å²) in [5, 5.41) is 18.0. The molecule has 0 aliphatic carbocycles. The molecule has 0 fully saturated rings. The number of nitrogens with zero attached hydrogens (tertiary/aromatic N) is 4. The molecule has 1 aliphatic rings. The molecular formula is C17H17F2N5O3. The van der Waals surface area contributed by atoms with E-state index in [1.54, 1.807) is 26.0 Å². The first-order valence-electron chi connectivity index (χ1n) is 8.18. The second kappa shape index (κ2) is 5.74. The van der Waals surface area contributed by atoms with Gasteiger partial charge in [0.25, 0.3) is 5.78 Å². The highest BCUT2D eigenvalue weighted by Gasteiger charge is 2.44. The Hall–Kier alpha value is -3.01. The largest absolute Gasteiger partial charge is 0.586 e. The fraction of sp³-hybridized carbons (Fsp3) is 0.353. The lowest BCUT2D eigenvalue weighted by Crippen LogP contribution is -2.35. The normalized spacial score (nSPS) is 16.5. The lowest BCUT2D eigenvalue weighted by molar-refractivity contribution is -0.286. The molecule has 2 N–H and O–H groups in total. The van der Waals surface area contributed by atoms with Crippen molar-refractivity contribution in [3.63, 3.8) is 0 Å². The van der Waals surface area contributed by atoms with Gasteiger partial charge in [-0.15, -0.1) is 8.78 Å². The molecular weight excluding hydrogens is 360 g/mol. The van der Waals surface area contributed by atoms with E-state index in [0.717, 1.165) is 0 Å². The van der Waals surface area contributed by atoms with E-state index in [1.165, 1.54) is 23.0 Å². The van der Waals surface area contributed by atoms with Crippen LogP contribution in [0.4, 0.5) is 14.6 Å². The van der Waals surface area contributed by atoms with Gasteiger partial charge in [0.1, 0.15) is 12.1 Å². The van der Waals surface area contributed by atoms with E-state index in [4.69, 9.17) is 0 Å². The third-order valence-electron chi connectivity index (χ3n) is 4.14. The van der Waals surface area contributed by atoms with E-state index in [0.29, 0.717) is 22.9 Å². The fourth-order valence-electron chi connectivity index (χ4n) is 2.99. The number of alkyl halides is 2. The smallest absolute Gasteiger partial charge is 0.395 e. The van der Waals surface area contributed by atoms with Crippen molar-refractivity contribution >= 4 is 11.6 Å². The summed E-state index contributed by atoms with van der Waals surface area (Å²) in [6.07, 6.45) is -2.33. The topological polar surface area (TPSA) is 93.8 Å². The summed E-state index contributed by atoms with van der Waals surface area (Å²) in [6, 6.07) is 5.47. The maximum absolute atomic E-state index is 13.3. The van der Waals surface area contributed by atoms with Crippen LogP contribution < -0.4 is 14.8 Å². The van der Waals surface area contributed by atoms with Crippen LogP contribution in [0.1, 0.15) is 31.1 Å². The summed E-state index contributed by atoms with van der Waals surface area (Å²) in [5.41, 5.74) is -0.0107. The summed E-state index contributed by atoms with van der Waals surface area (Å²) in [5.74, 6) is 0.796. The number of ether oxygens (including phenoxy) is 2. The second-order valence-electron chi connectivity index (χ2n) is 6.86. The highest BCUT2D eigenvalue weighted by molar-refractivity contribution is 5.51. The number of halogens is 2. The average molecular weight is 377 g/mol. The van der Waals surface area contributed by atoms with Gasteiger partial charge in [0.15, 0.2) is 11.5 Å². The van der Waals surface area contributed by atoms with E-state index in [2.05, 4.69) is 29.9 Å². The van der Waals surface area contributed by atoms with Crippen molar-refractivity contribution in [3.05, 3.63) is 41.9 Å². The number of anilines is 1. The number of fused-ring (bicyclic) bond motifs is 2. The maximum atomic E-state index is 13.3. The molecule has 0 spiro atoms. The SMILES string of the molecule is Cc1cc(N[C@H](c2ccc3c(c2)OC(F)(F)O3)C(C)(C)O)n2ncnc2n1. The number of hydrogen-bond donors (Lipinski definition) is 2. The number of aromatic nitrogens is 4. The van der Waals surface area contributed by atoms with Gasteiger partial charge in [0.05, 0.1) is 11.6 Å². The third kappa shape index (κ3) is 3.23. The van der Waals surface area contributed by atoms with Crippen molar-refractivity contribution in [2.75, 3.05) is 5.32 Å². The van der Waals surface area contributed by atoms with Crippen LogP contribution in [0.15, 0.2) is 30.6 Å².